The molecule has 0 amide bonds. The number of phosphoric ester groups is 1. The van der Waals surface area contributed by atoms with Crippen molar-refractivity contribution in [3.05, 3.63) is 0 Å². The van der Waals surface area contributed by atoms with Crippen LogP contribution in [0, 0.1) is 0 Å². The number of rotatable bonds is 9. The van der Waals surface area contributed by atoms with Crippen LogP contribution < -0.4 is 0 Å². The summed E-state index contributed by atoms with van der Waals surface area (Å²) in [4.78, 5) is 76.5. The van der Waals surface area contributed by atoms with E-state index >= 15 is 0 Å². The highest BCUT2D eigenvalue weighted by molar-refractivity contribution is 7.46. The first-order valence-corrected chi connectivity index (χ1v) is 10.9. The van der Waals surface area contributed by atoms with Gasteiger partial charge in [0.1, 0.15) is 12.7 Å². The van der Waals surface area contributed by atoms with E-state index in [4.69, 9.17) is 28.4 Å². The maximum Gasteiger partial charge on any atom is 0.472 e. The maximum atomic E-state index is 11.8. The van der Waals surface area contributed by atoms with Gasteiger partial charge in [0, 0.05) is 34.6 Å². The molecule has 6 atom stereocenters. The minimum atomic E-state index is -5.30. The standard InChI is InChI=1S/C17H25O15P/c1-7(18)26-6-12(27-8(2)19)13-14(28-9(3)20)15(29-10(4)21)16(30-11(5)22)17(31-13)32-33(23,24)25/h12-17H,6H2,1-5H3,(H2,23,24,25)/t12-,13+,14+,15-,16-,17+/m0/s1. The smallest absolute Gasteiger partial charge is 0.462 e. The van der Waals surface area contributed by atoms with Gasteiger partial charge in [0.05, 0.1) is 0 Å². The lowest BCUT2D eigenvalue weighted by Crippen LogP contribution is -2.65. The van der Waals surface area contributed by atoms with Gasteiger partial charge in [-0.05, 0) is 0 Å². The average molecular weight is 500 g/mol. The summed E-state index contributed by atoms with van der Waals surface area (Å²) in [6.07, 6.45) is -10.5. The average Bonchev–Trinajstić information content (AvgIpc) is 2.60. The quantitative estimate of drug-likeness (QED) is 0.224. The summed E-state index contributed by atoms with van der Waals surface area (Å²) in [5, 5.41) is 0. The highest BCUT2D eigenvalue weighted by Crippen LogP contribution is 2.42. The predicted octanol–water partition coefficient (Wildman–Crippen LogP) is -0.889. The summed E-state index contributed by atoms with van der Waals surface area (Å²) < 4.78 is 46.7. The van der Waals surface area contributed by atoms with Crippen molar-refractivity contribution < 1.29 is 71.3 Å². The SMILES string of the molecule is CC(=O)OC[C@H](OC(C)=O)[C@H]1O[C@H](OP(=O)(O)O)[C@@H](OC(C)=O)[C@@H](OC(C)=O)[C@@H]1OC(C)=O. The molecule has 1 fully saturated rings. The zero-order chi connectivity index (χ0) is 25.5. The van der Waals surface area contributed by atoms with Gasteiger partial charge >= 0.3 is 37.7 Å². The predicted molar refractivity (Wildman–Crippen MR) is 101 cm³/mol. The van der Waals surface area contributed by atoms with Crippen molar-refractivity contribution in [3.8, 4) is 0 Å². The molecule has 0 saturated carbocycles. The third-order valence-electron chi connectivity index (χ3n) is 3.81. The van der Waals surface area contributed by atoms with Gasteiger partial charge in [0.25, 0.3) is 0 Å². The normalized spacial score (nSPS) is 25.8. The van der Waals surface area contributed by atoms with Crippen molar-refractivity contribution in [3.63, 3.8) is 0 Å². The lowest BCUT2D eigenvalue weighted by Gasteiger charge is -2.45. The number of carbonyl (C=O) groups is 5. The van der Waals surface area contributed by atoms with Crippen molar-refractivity contribution in [1.29, 1.82) is 0 Å². The Morgan fingerprint density at radius 2 is 1.27 bits per heavy atom. The number of ether oxygens (including phenoxy) is 6. The van der Waals surface area contributed by atoms with Gasteiger partial charge in [-0.25, -0.2) is 4.57 Å². The summed E-state index contributed by atoms with van der Waals surface area (Å²) in [7, 11) is -5.30. The van der Waals surface area contributed by atoms with E-state index in [0.29, 0.717) is 0 Å². The fraction of sp³-hybridized carbons (Fsp3) is 0.706. The van der Waals surface area contributed by atoms with Crippen molar-refractivity contribution in [2.75, 3.05) is 6.61 Å². The van der Waals surface area contributed by atoms with Crippen LogP contribution in [-0.2, 0) is 61.5 Å². The second kappa shape index (κ2) is 12.0. The molecule has 0 aromatic heterocycles. The summed E-state index contributed by atoms with van der Waals surface area (Å²) in [6, 6.07) is 0. The lowest BCUT2D eigenvalue weighted by molar-refractivity contribution is -0.302. The van der Waals surface area contributed by atoms with Crippen LogP contribution in [0.3, 0.4) is 0 Å². The Morgan fingerprint density at radius 1 is 0.788 bits per heavy atom. The molecule has 0 radical (unpaired) electrons. The van der Waals surface area contributed by atoms with Crippen molar-refractivity contribution in [2.24, 2.45) is 0 Å². The highest BCUT2D eigenvalue weighted by atomic mass is 31.2. The van der Waals surface area contributed by atoms with Gasteiger partial charge in [-0.1, -0.05) is 0 Å². The number of carbonyl (C=O) groups excluding carboxylic acids is 5. The Labute approximate surface area is 187 Å². The third kappa shape index (κ3) is 9.84. The number of hydrogen-bond acceptors (Lipinski definition) is 13. The largest absolute Gasteiger partial charge is 0.472 e. The van der Waals surface area contributed by atoms with Crippen LogP contribution in [0.15, 0.2) is 0 Å². The van der Waals surface area contributed by atoms with Gasteiger partial charge in [-0.3, -0.25) is 28.5 Å². The Kier molecular flexibility index (Phi) is 10.4. The van der Waals surface area contributed by atoms with Crippen LogP contribution in [0.5, 0.6) is 0 Å². The second-order valence-corrected chi connectivity index (χ2v) is 7.93. The molecule has 2 N–H and O–H groups in total. The molecule has 188 valence electrons. The van der Waals surface area contributed by atoms with E-state index < -0.39 is 81.1 Å². The molecule has 1 aliphatic rings. The second-order valence-electron chi connectivity index (χ2n) is 6.74. The third-order valence-corrected chi connectivity index (χ3v) is 4.30. The maximum absolute atomic E-state index is 11.8. The van der Waals surface area contributed by atoms with E-state index in [-0.39, 0.29) is 0 Å². The van der Waals surface area contributed by atoms with Gasteiger partial charge in [0.15, 0.2) is 24.4 Å². The number of phosphoric acid groups is 1. The Bertz CT molecular complexity index is 804. The summed E-state index contributed by atoms with van der Waals surface area (Å²) in [5.41, 5.74) is 0. The van der Waals surface area contributed by atoms with Crippen molar-refractivity contribution in [1.82, 2.24) is 0 Å². The number of hydrogen-bond donors (Lipinski definition) is 2. The van der Waals surface area contributed by atoms with E-state index in [9.17, 15) is 38.3 Å². The number of esters is 5. The first kappa shape index (κ1) is 28.5. The van der Waals surface area contributed by atoms with Crippen molar-refractivity contribution >= 4 is 37.7 Å². The van der Waals surface area contributed by atoms with Gasteiger partial charge < -0.3 is 38.2 Å². The Morgan fingerprint density at radius 3 is 1.70 bits per heavy atom. The van der Waals surface area contributed by atoms with E-state index in [1.807, 2.05) is 0 Å². The summed E-state index contributed by atoms with van der Waals surface area (Å²) >= 11 is 0. The minimum Gasteiger partial charge on any atom is -0.462 e. The molecule has 1 rings (SSSR count). The molecular weight excluding hydrogens is 475 g/mol. The molecule has 33 heavy (non-hydrogen) atoms. The van der Waals surface area contributed by atoms with Gasteiger partial charge in [-0.15, -0.1) is 0 Å². The molecule has 0 bridgehead atoms. The van der Waals surface area contributed by atoms with E-state index in [0.717, 1.165) is 34.6 Å². The van der Waals surface area contributed by atoms with Crippen LogP contribution in [0.1, 0.15) is 34.6 Å². The molecule has 0 aromatic rings. The summed E-state index contributed by atoms with van der Waals surface area (Å²) in [5.74, 6) is -4.57. The molecule has 0 unspecified atom stereocenters. The monoisotopic (exact) mass is 500 g/mol. The Balaban J connectivity index is 3.58. The fourth-order valence-electron chi connectivity index (χ4n) is 2.93. The van der Waals surface area contributed by atoms with Crippen LogP contribution >= 0.6 is 7.82 Å². The molecule has 1 aliphatic heterocycles. The topological polar surface area (TPSA) is 207 Å². The van der Waals surface area contributed by atoms with Crippen LogP contribution in [0.4, 0.5) is 0 Å². The lowest BCUT2D eigenvalue weighted by atomic mass is 9.94. The fourth-order valence-corrected chi connectivity index (χ4v) is 3.37. The zero-order valence-corrected chi connectivity index (χ0v) is 19.2. The first-order chi connectivity index (χ1) is 15.1. The molecule has 0 aromatic carbocycles. The van der Waals surface area contributed by atoms with Crippen molar-refractivity contribution in [2.45, 2.75) is 71.4 Å². The molecular formula is C17H25O15P. The van der Waals surface area contributed by atoms with E-state index in [2.05, 4.69) is 4.52 Å². The summed E-state index contributed by atoms with van der Waals surface area (Å²) in [6.45, 7) is 4.28. The zero-order valence-electron chi connectivity index (χ0n) is 18.3. The van der Waals surface area contributed by atoms with Gasteiger partial charge in [-0.2, -0.15) is 0 Å². The molecule has 0 spiro atoms. The molecule has 15 nitrogen and oxygen atoms in total. The Hall–Kier alpha value is -2.58. The van der Waals surface area contributed by atoms with Crippen LogP contribution in [-0.4, -0.2) is 83.1 Å². The molecule has 1 saturated heterocycles. The van der Waals surface area contributed by atoms with Gasteiger partial charge in [0.2, 0.25) is 6.29 Å². The first-order valence-electron chi connectivity index (χ1n) is 9.32. The molecule has 16 heteroatoms. The minimum absolute atomic E-state index is 0.648. The van der Waals surface area contributed by atoms with Crippen LogP contribution in [0.2, 0.25) is 0 Å². The van der Waals surface area contributed by atoms with E-state index in [1.54, 1.807) is 0 Å². The van der Waals surface area contributed by atoms with E-state index in [1.165, 1.54) is 0 Å². The highest BCUT2D eigenvalue weighted by Gasteiger charge is 2.56. The molecule has 0 aliphatic carbocycles. The van der Waals surface area contributed by atoms with Crippen LogP contribution in [0.25, 0.3) is 0 Å². The molecule has 1 heterocycles.